The van der Waals surface area contributed by atoms with Crippen LogP contribution in [0.2, 0.25) is 0 Å². The van der Waals surface area contributed by atoms with Gasteiger partial charge in [-0.3, -0.25) is 9.89 Å². The van der Waals surface area contributed by atoms with Crippen molar-refractivity contribution in [2.45, 2.75) is 32.4 Å². The Hall–Kier alpha value is -0.970. The van der Waals surface area contributed by atoms with E-state index in [9.17, 15) is 4.79 Å². The first-order valence-corrected chi connectivity index (χ1v) is 8.23. The first-order chi connectivity index (χ1) is 9.15. The van der Waals surface area contributed by atoms with Gasteiger partial charge in [0.15, 0.2) is 5.69 Å². The first kappa shape index (κ1) is 13.0. The number of carbonyl (C=O) groups is 1. The molecule has 19 heavy (non-hydrogen) atoms. The minimum atomic E-state index is 0.128. The second-order valence-electron chi connectivity index (χ2n) is 5.99. The van der Waals surface area contributed by atoms with Gasteiger partial charge in [-0.25, -0.2) is 0 Å². The number of hydrogen-bond donors (Lipinski definition) is 1. The van der Waals surface area contributed by atoms with E-state index < -0.39 is 0 Å². The van der Waals surface area contributed by atoms with E-state index in [1.807, 2.05) is 16.7 Å². The first-order valence-electron chi connectivity index (χ1n) is 7.08. The molecular weight excluding hydrogens is 258 g/mol. The lowest BCUT2D eigenvalue weighted by molar-refractivity contribution is 0.0616. The molecule has 3 heterocycles. The number of piperidine rings is 1. The molecule has 104 valence electrons. The lowest BCUT2D eigenvalue weighted by Crippen LogP contribution is -2.43. The van der Waals surface area contributed by atoms with Gasteiger partial charge in [-0.2, -0.15) is 16.9 Å². The molecule has 4 nitrogen and oxygen atoms in total. The minimum Gasteiger partial charge on any atom is -0.337 e. The third kappa shape index (κ3) is 2.53. The zero-order valence-electron chi connectivity index (χ0n) is 11.6. The van der Waals surface area contributed by atoms with E-state index in [2.05, 4.69) is 24.0 Å². The Balaban J connectivity index is 1.82. The second-order valence-corrected chi connectivity index (χ2v) is 7.09. The van der Waals surface area contributed by atoms with E-state index in [1.165, 1.54) is 6.42 Å². The van der Waals surface area contributed by atoms with Crippen molar-refractivity contribution in [3.63, 3.8) is 0 Å². The van der Waals surface area contributed by atoms with Gasteiger partial charge in [0.25, 0.3) is 5.91 Å². The number of aromatic amines is 1. The maximum atomic E-state index is 12.7. The summed E-state index contributed by atoms with van der Waals surface area (Å²) >= 11 is 1.90. The minimum absolute atomic E-state index is 0.128. The Morgan fingerprint density at radius 3 is 2.84 bits per heavy atom. The molecule has 1 saturated heterocycles. The van der Waals surface area contributed by atoms with E-state index >= 15 is 0 Å². The van der Waals surface area contributed by atoms with Crippen LogP contribution in [0.5, 0.6) is 0 Å². The fourth-order valence-electron chi connectivity index (χ4n) is 3.29. The molecule has 1 N–H and O–H groups in total. The summed E-state index contributed by atoms with van der Waals surface area (Å²) in [7, 11) is 0. The van der Waals surface area contributed by atoms with E-state index in [1.54, 1.807) is 0 Å². The number of amides is 1. The van der Waals surface area contributed by atoms with Crippen molar-refractivity contribution >= 4 is 17.7 Å². The summed E-state index contributed by atoms with van der Waals surface area (Å²) in [4.78, 5) is 14.7. The summed E-state index contributed by atoms with van der Waals surface area (Å²) in [6.07, 6.45) is 2.19. The molecule has 0 spiro atoms. The smallest absolute Gasteiger partial charge is 0.274 e. The summed E-state index contributed by atoms with van der Waals surface area (Å²) in [5.74, 6) is 3.38. The van der Waals surface area contributed by atoms with Crippen LogP contribution in [0.1, 0.15) is 42.0 Å². The van der Waals surface area contributed by atoms with Crippen molar-refractivity contribution < 1.29 is 4.79 Å². The van der Waals surface area contributed by atoms with Crippen LogP contribution in [-0.2, 0) is 12.2 Å². The van der Waals surface area contributed by atoms with Crippen molar-refractivity contribution in [2.24, 2.45) is 11.8 Å². The quantitative estimate of drug-likeness (QED) is 0.858. The zero-order chi connectivity index (χ0) is 13.4. The van der Waals surface area contributed by atoms with Gasteiger partial charge in [0.1, 0.15) is 0 Å². The molecule has 1 fully saturated rings. The van der Waals surface area contributed by atoms with Crippen LogP contribution < -0.4 is 0 Å². The van der Waals surface area contributed by atoms with Crippen molar-refractivity contribution in [3.8, 4) is 0 Å². The average molecular weight is 279 g/mol. The number of carbonyl (C=O) groups excluding carboxylic acids is 1. The van der Waals surface area contributed by atoms with Gasteiger partial charge >= 0.3 is 0 Å². The maximum Gasteiger partial charge on any atom is 0.274 e. The summed E-state index contributed by atoms with van der Waals surface area (Å²) < 4.78 is 0. The molecule has 0 saturated carbocycles. The summed E-state index contributed by atoms with van der Waals surface area (Å²) in [5, 5.41) is 7.34. The van der Waals surface area contributed by atoms with Crippen LogP contribution in [-0.4, -0.2) is 39.8 Å². The third-order valence-corrected chi connectivity index (χ3v) is 5.04. The molecule has 0 bridgehead atoms. The highest BCUT2D eigenvalue weighted by atomic mass is 32.2. The topological polar surface area (TPSA) is 49.0 Å². The molecule has 1 amide bonds. The Morgan fingerprint density at radius 2 is 2.11 bits per heavy atom. The van der Waals surface area contributed by atoms with E-state index in [0.717, 1.165) is 42.3 Å². The standard InChI is InChI=1S/C14H21N3OS/c1-9-5-10(2)7-17(6-9)14(18)13-11-3-4-19-8-12(11)15-16-13/h9-10H,3-8H2,1-2H3,(H,15,16). The lowest BCUT2D eigenvalue weighted by atomic mass is 9.91. The van der Waals surface area contributed by atoms with Gasteiger partial charge < -0.3 is 4.90 Å². The number of aromatic nitrogens is 2. The maximum absolute atomic E-state index is 12.7. The molecule has 2 aliphatic heterocycles. The number of likely N-dealkylation sites (tertiary alicyclic amines) is 1. The van der Waals surface area contributed by atoms with Crippen molar-refractivity contribution in [3.05, 3.63) is 17.0 Å². The summed E-state index contributed by atoms with van der Waals surface area (Å²) in [6, 6.07) is 0. The van der Waals surface area contributed by atoms with Crippen LogP contribution >= 0.6 is 11.8 Å². The average Bonchev–Trinajstić information content (AvgIpc) is 2.80. The number of thioether (sulfide) groups is 1. The number of nitrogens with one attached hydrogen (secondary N) is 1. The highest BCUT2D eigenvalue weighted by Gasteiger charge is 2.30. The van der Waals surface area contributed by atoms with Crippen molar-refractivity contribution in [1.29, 1.82) is 0 Å². The van der Waals surface area contributed by atoms with Crippen LogP contribution in [0.15, 0.2) is 0 Å². The van der Waals surface area contributed by atoms with Crippen LogP contribution in [0.4, 0.5) is 0 Å². The highest BCUT2D eigenvalue weighted by Crippen LogP contribution is 2.27. The Bertz CT molecular complexity index is 475. The highest BCUT2D eigenvalue weighted by molar-refractivity contribution is 7.98. The monoisotopic (exact) mass is 279 g/mol. The summed E-state index contributed by atoms with van der Waals surface area (Å²) in [5.41, 5.74) is 2.99. The number of nitrogens with zero attached hydrogens (tertiary/aromatic N) is 2. The Morgan fingerprint density at radius 1 is 1.37 bits per heavy atom. The largest absolute Gasteiger partial charge is 0.337 e. The van der Waals surface area contributed by atoms with Gasteiger partial charge in [-0.1, -0.05) is 13.8 Å². The number of H-pyrrole nitrogens is 1. The van der Waals surface area contributed by atoms with Gasteiger partial charge in [0, 0.05) is 30.1 Å². The Kier molecular flexibility index (Phi) is 3.56. The number of fused-ring (bicyclic) bond motifs is 1. The van der Waals surface area contributed by atoms with Crippen molar-refractivity contribution in [1.82, 2.24) is 15.1 Å². The molecule has 3 rings (SSSR count). The Labute approximate surface area is 118 Å². The molecule has 1 aromatic heterocycles. The predicted octanol–water partition coefficient (Wildman–Crippen LogP) is 2.32. The fraction of sp³-hybridized carbons (Fsp3) is 0.714. The predicted molar refractivity (Wildman–Crippen MR) is 77.3 cm³/mol. The van der Waals surface area contributed by atoms with Crippen LogP contribution in [0.25, 0.3) is 0 Å². The molecule has 5 heteroatoms. The molecule has 0 aliphatic carbocycles. The summed E-state index contributed by atoms with van der Waals surface area (Å²) in [6.45, 7) is 6.21. The number of hydrogen-bond acceptors (Lipinski definition) is 3. The van der Waals surface area contributed by atoms with Gasteiger partial charge in [0.05, 0.1) is 0 Å². The zero-order valence-corrected chi connectivity index (χ0v) is 12.4. The molecule has 0 aromatic carbocycles. The number of rotatable bonds is 1. The lowest BCUT2D eigenvalue weighted by Gasteiger charge is -2.34. The van der Waals surface area contributed by atoms with Gasteiger partial charge in [0.2, 0.25) is 0 Å². The molecule has 2 atom stereocenters. The SMILES string of the molecule is CC1CC(C)CN(C(=O)c2n[nH]c3c2CCSC3)C1. The molecular formula is C14H21N3OS. The van der Waals surface area contributed by atoms with Gasteiger partial charge in [-0.05, 0) is 30.4 Å². The van der Waals surface area contributed by atoms with Crippen LogP contribution in [0.3, 0.4) is 0 Å². The van der Waals surface area contributed by atoms with Crippen molar-refractivity contribution in [2.75, 3.05) is 18.8 Å². The molecule has 1 aromatic rings. The van der Waals surface area contributed by atoms with E-state index in [-0.39, 0.29) is 5.91 Å². The molecule has 2 unspecified atom stereocenters. The van der Waals surface area contributed by atoms with E-state index in [4.69, 9.17) is 0 Å². The molecule has 2 aliphatic rings. The third-order valence-electron chi connectivity index (χ3n) is 4.05. The second kappa shape index (κ2) is 5.19. The van der Waals surface area contributed by atoms with Gasteiger partial charge in [-0.15, -0.1) is 0 Å². The molecule has 0 radical (unpaired) electrons. The van der Waals surface area contributed by atoms with E-state index in [0.29, 0.717) is 17.5 Å². The normalized spacial score (nSPS) is 27.2. The van der Waals surface area contributed by atoms with Crippen LogP contribution in [0, 0.1) is 11.8 Å². The fourth-order valence-corrected chi connectivity index (χ4v) is 4.23.